The normalized spacial score (nSPS) is 11.2. The van der Waals surface area contributed by atoms with Crippen molar-refractivity contribution in [2.75, 3.05) is 6.54 Å². The molecule has 132 valence electrons. The summed E-state index contributed by atoms with van der Waals surface area (Å²) in [5, 5.41) is 5.34. The molecule has 1 atom stereocenters. The molecule has 1 unspecified atom stereocenters. The van der Waals surface area contributed by atoms with Crippen LogP contribution in [-0.2, 0) is 16.0 Å². The Balaban J connectivity index is 2.32. The van der Waals surface area contributed by atoms with Gasteiger partial charge in [0.05, 0.1) is 0 Å². The molecule has 0 radical (unpaired) electrons. The highest BCUT2D eigenvalue weighted by molar-refractivity contribution is 5.87. The summed E-state index contributed by atoms with van der Waals surface area (Å²) in [5.41, 5.74) is 5.66. The summed E-state index contributed by atoms with van der Waals surface area (Å²) in [5.74, 6) is -0.517. The van der Waals surface area contributed by atoms with Crippen LogP contribution in [-0.4, -0.2) is 30.4 Å². The SMILES string of the molecule is CCCC(=O)NNC(=O)NC(CC)C(=O)NCCc1ccccc1. The number of nitrogens with one attached hydrogen (secondary N) is 4. The summed E-state index contributed by atoms with van der Waals surface area (Å²) in [4.78, 5) is 35.1. The third kappa shape index (κ3) is 7.62. The van der Waals surface area contributed by atoms with Gasteiger partial charge in [0.15, 0.2) is 0 Å². The van der Waals surface area contributed by atoms with E-state index in [9.17, 15) is 14.4 Å². The Kier molecular flexibility index (Phi) is 8.96. The molecule has 4 amide bonds. The number of benzene rings is 1. The summed E-state index contributed by atoms with van der Waals surface area (Å²) in [6.45, 7) is 4.17. The lowest BCUT2D eigenvalue weighted by Crippen LogP contribution is -2.53. The summed E-state index contributed by atoms with van der Waals surface area (Å²) in [6.07, 6.45) is 2.20. The van der Waals surface area contributed by atoms with Gasteiger partial charge in [-0.25, -0.2) is 10.2 Å². The number of carbonyl (C=O) groups excluding carboxylic acids is 3. The average Bonchev–Trinajstić information content (AvgIpc) is 2.59. The molecule has 1 aromatic rings. The van der Waals surface area contributed by atoms with Gasteiger partial charge in [-0.3, -0.25) is 15.0 Å². The van der Waals surface area contributed by atoms with Crippen LogP contribution in [0.5, 0.6) is 0 Å². The molecular weight excluding hydrogens is 308 g/mol. The van der Waals surface area contributed by atoms with Crippen molar-refractivity contribution in [2.24, 2.45) is 0 Å². The Morgan fingerprint density at radius 2 is 1.75 bits per heavy atom. The second-order valence-electron chi connectivity index (χ2n) is 5.38. The molecule has 1 aromatic carbocycles. The maximum Gasteiger partial charge on any atom is 0.334 e. The zero-order valence-corrected chi connectivity index (χ0v) is 14.2. The smallest absolute Gasteiger partial charge is 0.334 e. The quantitative estimate of drug-likeness (QED) is 0.539. The van der Waals surface area contributed by atoms with Crippen LogP contribution in [0.2, 0.25) is 0 Å². The van der Waals surface area contributed by atoms with Gasteiger partial charge in [0, 0.05) is 13.0 Å². The van der Waals surface area contributed by atoms with Crippen molar-refractivity contribution >= 4 is 17.8 Å². The fraction of sp³-hybridized carbons (Fsp3) is 0.471. The van der Waals surface area contributed by atoms with Crippen molar-refractivity contribution < 1.29 is 14.4 Å². The second-order valence-corrected chi connectivity index (χ2v) is 5.38. The Bertz CT molecular complexity index is 534. The minimum absolute atomic E-state index is 0.247. The monoisotopic (exact) mass is 334 g/mol. The first-order chi connectivity index (χ1) is 11.6. The molecule has 0 aromatic heterocycles. The number of hydrazine groups is 1. The van der Waals surface area contributed by atoms with Crippen molar-refractivity contribution in [1.29, 1.82) is 0 Å². The highest BCUT2D eigenvalue weighted by Gasteiger charge is 2.18. The van der Waals surface area contributed by atoms with E-state index >= 15 is 0 Å². The van der Waals surface area contributed by atoms with E-state index in [4.69, 9.17) is 0 Å². The average molecular weight is 334 g/mol. The molecule has 0 aliphatic rings. The number of amides is 4. The molecule has 0 aliphatic carbocycles. The van der Waals surface area contributed by atoms with Gasteiger partial charge in [0.25, 0.3) is 0 Å². The first-order valence-corrected chi connectivity index (χ1v) is 8.23. The standard InChI is InChI=1S/C17H26N4O3/c1-3-8-15(22)20-21-17(24)19-14(4-2)16(23)18-12-11-13-9-6-5-7-10-13/h5-7,9-10,14H,3-4,8,11-12H2,1-2H3,(H,18,23)(H,20,22)(H2,19,21,24). The summed E-state index contributed by atoms with van der Waals surface area (Å²) in [6, 6.07) is 8.57. The van der Waals surface area contributed by atoms with Crippen LogP contribution in [0.15, 0.2) is 30.3 Å². The maximum atomic E-state index is 12.1. The molecule has 7 heteroatoms. The summed E-state index contributed by atoms with van der Waals surface area (Å²) < 4.78 is 0. The van der Waals surface area contributed by atoms with Gasteiger partial charge in [-0.1, -0.05) is 44.2 Å². The Morgan fingerprint density at radius 3 is 2.38 bits per heavy atom. The van der Waals surface area contributed by atoms with Crippen molar-refractivity contribution in [3.05, 3.63) is 35.9 Å². The van der Waals surface area contributed by atoms with Gasteiger partial charge in [0.2, 0.25) is 11.8 Å². The summed E-state index contributed by atoms with van der Waals surface area (Å²) >= 11 is 0. The van der Waals surface area contributed by atoms with E-state index in [0.29, 0.717) is 25.8 Å². The molecule has 7 nitrogen and oxygen atoms in total. The molecule has 0 bridgehead atoms. The Labute approximate surface area is 142 Å². The molecule has 4 N–H and O–H groups in total. The van der Waals surface area contributed by atoms with Crippen LogP contribution < -0.4 is 21.5 Å². The number of urea groups is 1. The number of rotatable bonds is 8. The fourth-order valence-electron chi connectivity index (χ4n) is 2.06. The zero-order chi connectivity index (χ0) is 17.8. The molecule has 0 saturated carbocycles. The minimum Gasteiger partial charge on any atom is -0.354 e. The van der Waals surface area contributed by atoms with E-state index in [-0.39, 0.29) is 11.8 Å². The van der Waals surface area contributed by atoms with E-state index in [1.807, 2.05) is 37.3 Å². The van der Waals surface area contributed by atoms with Crippen molar-refractivity contribution in [3.8, 4) is 0 Å². The molecule has 0 spiro atoms. The second kappa shape index (κ2) is 11.0. The Morgan fingerprint density at radius 1 is 1.04 bits per heavy atom. The fourth-order valence-corrected chi connectivity index (χ4v) is 2.06. The van der Waals surface area contributed by atoms with Gasteiger partial charge in [0.1, 0.15) is 6.04 Å². The molecule has 0 saturated heterocycles. The maximum absolute atomic E-state index is 12.1. The van der Waals surface area contributed by atoms with Gasteiger partial charge < -0.3 is 10.6 Å². The molecular formula is C17H26N4O3. The third-order valence-electron chi connectivity index (χ3n) is 3.38. The number of hydrogen-bond acceptors (Lipinski definition) is 3. The highest BCUT2D eigenvalue weighted by atomic mass is 16.2. The molecule has 0 heterocycles. The molecule has 1 rings (SSSR count). The van der Waals surface area contributed by atoms with Crippen LogP contribution in [0, 0.1) is 0 Å². The van der Waals surface area contributed by atoms with Crippen molar-refractivity contribution in [1.82, 2.24) is 21.5 Å². The van der Waals surface area contributed by atoms with Gasteiger partial charge in [-0.15, -0.1) is 0 Å². The van der Waals surface area contributed by atoms with Crippen LogP contribution in [0.4, 0.5) is 4.79 Å². The number of hydrogen-bond donors (Lipinski definition) is 4. The zero-order valence-electron chi connectivity index (χ0n) is 14.2. The van der Waals surface area contributed by atoms with Gasteiger partial charge in [-0.2, -0.15) is 0 Å². The molecule has 0 fully saturated rings. The van der Waals surface area contributed by atoms with Crippen molar-refractivity contribution in [3.63, 3.8) is 0 Å². The predicted octanol–water partition coefficient (Wildman–Crippen LogP) is 1.25. The first-order valence-electron chi connectivity index (χ1n) is 8.23. The van der Waals surface area contributed by atoms with E-state index in [0.717, 1.165) is 12.0 Å². The lowest BCUT2D eigenvalue weighted by atomic mass is 10.1. The van der Waals surface area contributed by atoms with E-state index in [2.05, 4.69) is 21.5 Å². The largest absolute Gasteiger partial charge is 0.354 e. The van der Waals surface area contributed by atoms with E-state index in [1.165, 1.54) is 0 Å². The topological polar surface area (TPSA) is 99.3 Å². The lowest BCUT2D eigenvalue weighted by Gasteiger charge is -2.17. The Hall–Kier alpha value is -2.57. The van der Waals surface area contributed by atoms with Crippen LogP contribution in [0.25, 0.3) is 0 Å². The van der Waals surface area contributed by atoms with Gasteiger partial charge in [-0.05, 0) is 24.8 Å². The van der Waals surface area contributed by atoms with Gasteiger partial charge >= 0.3 is 6.03 Å². The highest BCUT2D eigenvalue weighted by Crippen LogP contribution is 1.98. The van der Waals surface area contributed by atoms with Crippen LogP contribution in [0.1, 0.15) is 38.7 Å². The number of carbonyl (C=O) groups is 3. The first kappa shape index (κ1) is 19.5. The predicted molar refractivity (Wildman–Crippen MR) is 92.0 cm³/mol. The summed E-state index contributed by atoms with van der Waals surface area (Å²) in [7, 11) is 0. The minimum atomic E-state index is -0.649. The molecule has 0 aliphatic heterocycles. The van der Waals surface area contributed by atoms with Crippen molar-refractivity contribution in [2.45, 2.75) is 45.6 Å². The van der Waals surface area contributed by atoms with E-state index < -0.39 is 12.1 Å². The third-order valence-corrected chi connectivity index (χ3v) is 3.38. The van der Waals surface area contributed by atoms with Crippen LogP contribution >= 0.6 is 0 Å². The van der Waals surface area contributed by atoms with Crippen LogP contribution in [0.3, 0.4) is 0 Å². The molecule has 24 heavy (non-hydrogen) atoms. The lowest BCUT2D eigenvalue weighted by molar-refractivity contribution is -0.123. The van der Waals surface area contributed by atoms with E-state index in [1.54, 1.807) is 6.92 Å².